The Kier molecular flexibility index (Phi) is 9.52. The van der Waals surface area contributed by atoms with Gasteiger partial charge in [-0.3, -0.25) is 9.59 Å². The summed E-state index contributed by atoms with van der Waals surface area (Å²) in [5, 5.41) is 90.2. The third kappa shape index (κ3) is 6.20. The second kappa shape index (κ2) is 14.0. The Morgan fingerprint density at radius 3 is 2.16 bits per heavy atom. The number of carbonyl (C=O) groups is 2. The maximum Gasteiger partial charge on any atom is 0.286 e. The number of hydrogen-bond donors (Lipinski definition) is 8. The quantitative estimate of drug-likeness (QED) is 0.0637. The fourth-order valence-electron chi connectivity index (χ4n) is 8.42. The molecule has 0 amide bonds. The SMILES string of the molecule is CC(C)=CCc1c(O)ccc(C(=O)[C@@H]2[C@H](c3c(O)cc4c(c3O)C(=O)C3(CC=C(C)C)Oc5cc(O)ccc5C3(O)O4)C=C(C)C[C@H]2c2ccc(O)cc2O)c1O. The molecule has 2 heterocycles. The van der Waals surface area contributed by atoms with Crippen LogP contribution in [0.25, 0.3) is 0 Å². The van der Waals surface area contributed by atoms with Crippen LogP contribution in [0.5, 0.6) is 51.7 Å². The largest absolute Gasteiger partial charge is 0.508 e. The maximum absolute atomic E-state index is 15.0. The van der Waals surface area contributed by atoms with Gasteiger partial charge in [-0.1, -0.05) is 41.0 Å². The first-order valence-electron chi connectivity index (χ1n) is 18.5. The molecule has 2 aliphatic heterocycles. The smallest absolute Gasteiger partial charge is 0.286 e. The molecule has 0 fully saturated rings. The number of phenols is 7. The van der Waals surface area contributed by atoms with Crippen LogP contribution < -0.4 is 9.47 Å². The Labute approximate surface area is 328 Å². The van der Waals surface area contributed by atoms with Crippen molar-refractivity contribution in [2.24, 2.45) is 5.92 Å². The van der Waals surface area contributed by atoms with E-state index in [-0.39, 0.29) is 81.6 Å². The lowest BCUT2D eigenvalue weighted by molar-refractivity contribution is -0.221. The standard InChI is InChI=1S/C45H44O12/c1-21(2)6-9-27-32(48)13-11-28(40(27)51)41(52)37-29(26-10-7-24(46)18-33(26)49)16-23(5)17-30(37)38-34(50)20-36-39(42(38)53)43(54)44(15-14-22(3)4)45(55,57-36)31-12-8-25(47)19-35(31)56-44/h6-8,10-14,17-20,29-30,37,46-51,53,55H,9,15-16H2,1-5H3/t29-,30+,37-,44?,45?/m0/s1. The molecule has 4 aromatic carbocycles. The number of ketones is 2. The molecule has 0 saturated carbocycles. The van der Waals surface area contributed by atoms with Crippen molar-refractivity contribution >= 4 is 11.6 Å². The molecule has 57 heavy (non-hydrogen) atoms. The lowest BCUT2D eigenvalue weighted by Gasteiger charge is -2.43. The number of hydrogen-bond acceptors (Lipinski definition) is 12. The van der Waals surface area contributed by atoms with Crippen molar-refractivity contribution < 1.29 is 59.9 Å². The Hall–Kier alpha value is -6.40. The molecule has 0 radical (unpaired) electrons. The van der Waals surface area contributed by atoms with Crippen molar-refractivity contribution in [1.29, 1.82) is 0 Å². The van der Waals surface area contributed by atoms with Crippen molar-refractivity contribution in [2.45, 2.75) is 77.1 Å². The third-order valence-corrected chi connectivity index (χ3v) is 11.2. The summed E-state index contributed by atoms with van der Waals surface area (Å²) in [6, 6.07) is 11.5. The first-order chi connectivity index (χ1) is 26.9. The molecule has 2 unspecified atom stereocenters. The second-order valence-electron chi connectivity index (χ2n) is 15.6. The van der Waals surface area contributed by atoms with E-state index in [0.29, 0.717) is 5.57 Å². The molecule has 296 valence electrons. The highest BCUT2D eigenvalue weighted by Crippen LogP contribution is 2.60. The van der Waals surface area contributed by atoms with Gasteiger partial charge >= 0.3 is 0 Å². The van der Waals surface area contributed by atoms with E-state index in [1.807, 2.05) is 13.8 Å². The number of ether oxygens (including phenoxy) is 2. The Morgan fingerprint density at radius 2 is 1.47 bits per heavy atom. The van der Waals surface area contributed by atoms with Crippen LogP contribution in [0, 0.1) is 5.92 Å². The predicted octanol–water partition coefficient (Wildman–Crippen LogP) is 7.76. The number of aromatic hydroxyl groups is 7. The van der Waals surface area contributed by atoms with Gasteiger partial charge in [-0.15, -0.1) is 0 Å². The fraction of sp³-hybridized carbons (Fsp3) is 0.289. The third-order valence-electron chi connectivity index (χ3n) is 11.2. The van der Waals surface area contributed by atoms with Gasteiger partial charge in [0.05, 0.1) is 11.1 Å². The van der Waals surface area contributed by atoms with E-state index in [1.165, 1.54) is 42.5 Å². The van der Waals surface area contributed by atoms with Gasteiger partial charge in [0.2, 0.25) is 11.4 Å². The number of fused-ring (bicyclic) bond motifs is 4. The van der Waals surface area contributed by atoms with E-state index in [4.69, 9.17) is 9.47 Å². The number of aliphatic hydroxyl groups is 1. The predicted molar refractivity (Wildman–Crippen MR) is 208 cm³/mol. The first kappa shape index (κ1) is 38.9. The molecule has 5 atom stereocenters. The van der Waals surface area contributed by atoms with Gasteiger partial charge in [-0.25, -0.2) is 0 Å². The van der Waals surface area contributed by atoms with E-state index < -0.39 is 63.5 Å². The number of rotatable bonds is 8. The molecule has 3 aliphatic rings. The van der Waals surface area contributed by atoms with Crippen LogP contribution in [0.2, 0.25) is 0 Å². The zero-order valence-electron chi connectivity index (χ0n) is 32.0. The number of allylic oxidation sites excluding steroid dienone is 5. The zero-order valence-corrected chi connectivity index (χ0v) is 32.0. The second-order valence-corrected chi connectivity index (χ2v) is 15.6. The molecule has 12 nitrogen and oxygen atoms in total. The summed E-state index contributed by atoms with van der Waals surface area (Å²) in [6.07, 6.45) is 5.18. The van der Waals surface area contributed by atoms with Crippen molar-refractivity contribution in [1.82, 2.24) is 0 Å². The van der Waals surface area contributed by atoms with Gasteiger partial charge in [0.1, 0.15) is 57.3 Å². The Morgan fingerprint density at radius 1 is 0.789 bits per heavy atom. The summed E-state index contributed by atoms with van der Waals surface area (Å²) >= 11 is 0. The summed E-state index contributed by atoms with van der Waals surface area (Å²) in [5.74, 6) is -10.6. The van der Waals surface area contributed by atoms with Crippen LogP contribution in [0.4, 0.5) is 0 Å². The highest BCUT2D eigenvalue weighted by molar-refractivity contribution is 6.10. The number of carbonyl (C=O) groups excluding carboxylic acids is 2. The first-order valence-corrected chi connectivity index (χ1v) is 18.5. The number of Topliss-reactive ketones (excluding diaryl/α,β-unsaturated/α-hetero) is 2. The van der Waals surface area contributed by atoms with E-state index in [2.05, 4.69) is 0 Å². The van der Waals surface area contributed by atoms with Crippen LogP contribution in [-0.4, -0.2) is 58.0 Å². The zero-order chi connectivity index (χ0) is 41.3. The monoisotopic (exact) mass is 776 g/mol. The Bertz CT molecular complexity index is 2450. The summed E-state index contributed by atoms with van der Waals surface area (Å²) < 4.78 is 12.4. The molecular formula is C45H44O12. The Balaban J connectivity index is 1.44. The van der Waals surface area contributed by atoms with Crippen LogP contribution in [0.15, 0.2) is 89.5 Å². The van der Waals surface area contributed by atoms with Crippen LogP contribution in [0.3, 0.4) is 0 Å². The average molecular weight is 777 g/mol. The fourth-order valence-corrected chi connectivity index (χ4v) is 8.42. The molecule has 4 aromatic rings. The van der Waals surface area contributed by atoms with E-state index in [1.54, 1.807) is 39.0 Å². The highest BCUT2D eigenvalue weighted by atomic mass is 16.7. The van der Waals surface area contributed by atoms with Gasteiger partial charge in [0, 0.05) is 53.5 Å². The van der Waals surface area contributed by atoms with E-state index in [0.717, 1.165) is 23.3 Å². The number of benzene rings is 4. The van der Waals surface area contributed by atoms with Gasteiger partial charge in [-0.2, -0.15) is 0 Å². The van der Waals surface area contributed by atoms with Crippen molar-refractivity contribution in [3.8, 4) is 51.7 Å². The minimum atomic E-state index is -2.46. The van der Waals surface area contributed by atoms with Gasteiger partial charge in [0.25, 0.3) is 5.79 Å². The highest BCUT2D eigenvalue weighted by Gasteiger charge is 2.70. The lowest BCUT2D eigenvalue weighted by atomic mass is 9.64. The minimum Gasteiger partial charge on any atom is -0.508 e. The van der Waals surface area contributed by atoms with Crippen LogP contribution >= 0.6 is 0 Å². The summed E-state index contributed by atoms with van der Waals surface area (Å²) in [5.41, 5.74) is -0.284. The minimum absolute atomic E-state index is 0.0320. The normalized spacial score (nSPS) is 23.2. The summed E-state index contributed by atoms with van der Waals surface area (Å²) in [4.78, 5) is 30.0. The molecular weight excluding hydrogens is 732 g/mol. The van der Waals surface area contributed by atoms with Crippen LogP contribution in [0.1, 0.15) is 102 Å². The molecule has 0 bridgehead atoms. The van der Waals surface area contributed by atoms with Crippen LogP contribution in [-0.2, 0) is 12.2 Å². The van der Waals surface area contributed by atoms with Gasteiger partial charge in [-0.05, 0) is 83.4 Å². The lowest BCUT2D eigenvalue weighted by Crippen LogP contribution is -2.62. The number of phenolic OH excluding ortho intramolecular Hbond substituents is 7. The summed E-state index contributed by atoms with van der Waals surface area (Å²) in [7, 11) is 0. The molecule has 1 aliphatic carbocycles. The van der Waals surface area contributed by atoms with Crippen molar-refractivity contribution in [2.75, 3.05) is 0 Å². The van der Waals surface area contributed by atoms with E-state index in [9.17, 15) is 45.6 Å². The van der Waals surface area contributed by atoms with Gasteiger partial charge < -0.3 is 50.3 Å². The van der Waals surface area contributed by atoms with Crippen molar-refractivity contribution in [3.63, 3.8) is 0 Å². The van der Waals surface area contributed by atoms with Gasteiger partial charge in [0.15, 0.2) is 5.78 Å². The molecule has 12 heteroatoms. The topological polar surface area (TPSA) is 214 Å². The molecule has 0 aromatic heterocycles. The maximum atomic E-state index is 15.0. The van der Waals surface area contributed by atoms with E-state index >= 15 is 4.79 Å². The average Bonchev–Trinajstić information content (AvgIpc) is 3.37. The summed E-state index contributed by atoms with van der Waals surface area (Å²) in [6.45, 7) is 9.03. The molecule has 0 spiro atoms. The molecule has 7 rings (SSSR count). The van der Waals surface area contributed by atoms with Crippen molar-refractivity contribution in [3.05, 3.63) is 123 Å². The molecule has 0 saturated heterocycles. The molecule has 8 N–H and O–H groups in total.